The van der Waals surface area contributed by atoms with Gasteiger partial charge >= 0.3 is 5.69 Å². The molecule has 0 N–H and O–H groups in total. The number of hydrogen-bond donors (Lipinski definition) is 0. The Morgan fingerprint density at radius 3 is 2.64 bits per heavy atom. The summed E-state index contributed by atoms with van der Waals surface area (Å²) in [6, 6.07) is 8.99. The van der Waals surface area contributed by atoms with E-state index >= 15 is 0 Å². The second-order valence-corrected chi connectivity index (χ2v) is 5.86. The largest absolute Gasteiger partial charge is 0.487 e. The van der Waals surface area contributed by atoms with Crippen LogP contribution in [0.3, 0.4) is 0 Å². The first-order valence-corrected chi connectivity index (χ1v) is 7.96. The maximum atomic E-state index is 11.8. The Bertz CT molecular complexity index is 989. The highest BCUT2D eigenvalue weighted by atomic mass is 16.6. The molecule has 3 rings (SSSR count). The number of benzene rings is 1. The van der Waals surface area contributed by atoms with E-state index in [0.29, 0.717) is 23.4 Å². The van der Waals surface area contributed by atoms with Gasteiger partial charge in [-0.15, -0.1) is 0 Å². The molecule has 6 nitrogen and oxygen atoms in total. The predicted molar refractivity (Wildman–Crippen MR) is 95.5 cm³/mol. The van der Waals surface area contributed by atoms with Crippen LogP contribution in [0.1, 0.15) is 28.5 Å². The van der Waals surface area contributed by atoms with E-state index in [-0.39, 0.29) is 11.4 Å². The van der Waals surface area contributed by atoms with Crippen LogP contribution in [0.2, 0.25) is 0 Å². The molecule has 2 aromatic heterocycles. The van der Waals surface area contributed by atoms with Gasteiger partial charge in [0, 0.05) is 28.9 Å². The van der Waals surface area contributed by atoms with Crippen molar-refractivity contribution in [3.63, 3.8) is 0 Å². The van der Waals surface area contributed by atoms with E-state index in [1.54, 1.807) is 24.4 Å². The molecule has 0 aliphatic rings. The zero-order valence-electron chi connectivity index (χ0n) is 14.3. The molecule has 0 unspecified atom stereocenters. The smallest absolute Gasteiger partial charge is 0.311 e. The number of nitrogens with zero attached hydrogens (tertiary/aromatic N) is 2. The second-order valence-electron chi connectivity index (χ2n) is 5.86. The lowest BCUT2D eigenvalue weighted by Gasteiger charge is -2.11. The standard InChI is InChI=1S/C19H18N2O4/c1-4-25-19-15(8-12(2)9-17(19)21(23)24)14-10-16-13(3)6-5-7-20(16)18(14)11-22/h5-11H,4H2,1-3H3. The van der Waals surface area contributed by atoms with Crippen LogP contribution in [-0.4, -0.2) is 22.2 Å². The van der Waals surface area contributed by atoms with Gasteiger partial charge in [-0.25, -0.2) is 0 Å². The van der Waals surface area contributed by atoms with Crippen molar-refractivity contribution < 1.29 is 14.5 Å². The number of pyridine rings is 1. The number of nitro benzene ring substituents is 1. The molecular weight excluding hydrogens is 320 g/mol. The molecule has 128 valence electrons. The lowest BCUT2D eigenvalue weighted by molar-refractivity contribution is -0.385. The zero-order chi connectivity index (χ0) is 18.1. The maximum absolute atomic E-state index is 11.8. The number of aryl methyl sites for hydroxylation is 2. The van der Waals surface area contributed by atoms with Gasteiger partial charge in [-0.1, -0.05) is 6.07 Å². The van der Waals surface area contributed by atoms with Crippen molar-refractivity contribution in [1.29, 1.82) is 0 Å². The monoisotopic (exact) mass is 338 g/mol. The molecule has 3 aromatic rings. The topological polar surface area (TPSA) is 73.8 Å². The van der Waals surface area contributed by atoms with E-state index in [1.165, 1.54) is 6.07 Å². The third-order valence-electron chi connectivity index (χ3n) is 4.16. The predicted octanol–water partition coefficient (Wildman–Crippen LogP) is 4.34. The van der Waals surface area contributed by atoms with Crippen LogP contribution in [0, 0.1) is 24.0 Å². The van der Waals surface area contributed by atoms with Crippen molar-refractivity contribution >= 4 is 17.5 Å². The zero-order valence-corrected chi connectivity index (χ0v) is 14.3. The summed E-state index contributed by atoms with van der Waals surface area (Å²) >= 11 is 0. The first-order valence-electron chi connectivity index (χ1n) is 7.96. The molecule has 0 fully saturated rings. The Labute approximate surface area is 144 Å². The molecule has 1 aromatic carbocycles. The van der Waals surface area contributed by atoms with Gasteiger partial charge in [-0.3, -0.25) is 14.9 Å². The van der Waals surface area contributed by atoms with E-state index in [4.69, 9.17) is 4.74 Å². The summed E-state index contributed by atoms with van der Waals surface area (Å²) in [5.74, 6) is 0.190. The first kappa shape index (κ1) is 16.7. The minimum Gasteiger partial charge on any atom is -0.487 e. The lowest BCUT2D eigenvalue weighted by Crippen LogP contribution is -2.01. The summed E-state index contributed by atoms with van der Waals surface area (Å²) in [5, 5.41) is 11.5. The van der Waals surface area contributed by atoms with Crippen molar-refractivity contribution in [2.24, 2.45) is 0 Å². The number of aldehydes is 1. The van der Waals surface area contributed by atoms with E-state index in [2.05, 4.69) is 0 Å². The van der Waals surface area contributed by atoms with Gasteiger partial charge in [-0.05, 0) is 50.1 Å². The first-order chi connectivity index (χ1) is 12.0. The molecule has 0 radical (unpaired) electrons. The van der Waals surface area contributed by atoms with Gasteiger partial charge in [0.05, 0.1) is 17.2 Å². The van der Waals surface area contributed by atoms with Crippen LogP contribution < -0.4 is 4.74 Å². The number of hydrogen-bond acceptors (Lipinski definition) is 4. The van der Waals surface area contributed by atoms with E-state index < -0.39 is 4.92 Å². The SMILES string of the molecule is CCOc1c(-c2cc3c(C)cccn3c2C=O)cc(C)cc1[N+](=O)[O-]. The van der Waals surface area contributed by atoms with Crippen LogP contribution in [0.4, 0.5) is 5.69 Å². The van der Waals surface area contributed by atoms with Gasteiger partial charge in [0.25, 0.3) is 0 Å². The Kier molecular flexibility index (Phi) is 4.27. The van der Waals surface area contributed by atoms with Crippen molar-refractivity contribution in [3.8, 4) is 16.9 Å². The average molecular weight is 338 g/mol. The molecule has 0 aliphatic carbocycles. The van der Waals surface area contributed by atoms with E-state index in [1.807, 2.05) is 31.2 Å². The number of rotatable bonds is 5. The van der Waals surface area contributed by atoms with Crippen molar-refractivity contribution in [2.45, 2.75) is 20.8 Å². The Hall–Kier alpha value is -3.15. The summed E-state index contributed by atoms with van der Waals surface area (Å²) in [4.78, 5) is 22.8. The summed E-state index contributed by atoms with van der Waals surface area (Å²) in [6.45, 7) is 5.80. The normalized spacial score (nSPS) is 10.8. The van der Waals surface area contributed by atoms with Gasteiger partial charge in [0.15, 0.2) is 6.29 Å². The Morgan fingerprint density at radius 1 is 1.24 bits per heavy atom. The van der Waals surface area contributed by atoms with E-state index in [0.717, 1.165) is 22.9 Å². The average Bonchev–Trinajstić information content (AvgIpc) is 2.95. The molecule has 0 saturated carbocycles. The molecule has 0 spiro atoms. The van der Waals surface area contributed by atoms with Gasteiger partial charge < -0.3 is 9.14 Å². The van der Waals surface area contributed by atoms with Crippen molar-refractivity contribution in [3.05, 3.63) is 63.5 Å². The van der Waals surface area contributed by atoms with Crippen LogP contribution in [0.5, 0.6) is 5.75 Å². The highest BCUT2D eigenvalue weighted by Crippen LogP contribution is 2.41. The second kappa shape index (κ2) is 6.39. The van der Waals surface area contributed by atoms with E-state index in [9.17, 15) is 14.9 Å². The number of aromatic nitrogens is 1. The third-order valence-corrected chi connectivity index (χ3v) is 4.16. The summed E-state index contributed by atoms with van der Waals surface area (Å²) in [5.41, 5.74) is 4.15. The van der Waals surface area contributed by atoms with Crippen LogP contribution >= 0.6 is 0 Å². The van der Waals surface area contributed by atoms with Gasteiger partial charge in [0.1, 0.15) is 0 Å². The minimum absolute atomic E-state index is 0.0966. The molecule has 0 atom stereocenters. The minimum atomic E-state index is -0.455. The number of ether oxygens (including phenoxy) is 1. The van der Waals surface area contributed by atoms with Crippen molar-refractivity contribution in [2.75, 3.05) is 6.61 Å². The molecule has 25 heavy (non-hydrogen) atoms. The van der Waals surface area contributed by atoms with Gasteiger partial charge in [0.2, 0.25) is 5.75 Å². The maximum Gasteiger partial charge on any atom is 0.311 e. The fourth-order valence-electron chi connectivity index (χ4n) is 3.08. The van der Waals surface area contributed by atoms with Crippen LogP contribution in [-0.2, 0) is 0 Å². The molecule has 0 amide bonds. The molecule has 0 aliphatic heterocycles. The lowest BCUT2D eigenvalue weighted by atomic mass is 10.0. The van der Waals surface area contributed by atoms with Crippen LogP contribution in [0.15, 0.2) is 36.5 Å². The number of nitro groups is 1. The third kappa shape index (κ3) is 2.76. The molecular formula is C19H18N2O4. The fourth-order valence-corrected chi connectivity index (χ4v) is 3.08. The highest BCUT2D eigenvalue weighted by Gasteiger charge is 2.24. The molecule has 0 saturated heterocycles. The number of carbonyl (C=O) groups excluding carboxylic acids is 1. The summed E-state index contributed by atoms with van der Waals surface area (Å²) in [6.07, 6.45) is 2.58. The highest BCUT2D eigenvalue weighted by molar-refractivity contribution is 5.93. The Balaban J connectivity index is 2.40. The molecule has 2 heterocycles. The van der Waals surface area contributed by atoms with Crippen molar-refractivity contribution in [1.82, 2.24) is 4.40 Å². The molecule has 6 heteroatoms. The van der Waals surface area contributed by atoms with Crippen LogP contribution in [0.25, 0.3) is 16.6 Å². The summed E-state index contributed by atoms with van der Waals surface area (Å²) < 4.78 is 7.39. The van der Waals surface area contributed by atoms with Gasteiger partial charge in [-0.2, -0.15) is 0 Å². The number of fused-ring (bicyclic) bond motifs is 1. The molecule has 0 bridgehead atoms. The number of carbonyl (C=O) groups is 1. The summed E-state index contributed by atoms with van der Waals surface area (Å²) in [7, 11) is 0. The fraction of sp³-hybridized carbons (Fsp3) is 0.211. The Morgan fingerprint density at radius 2 is 2.00 bits per heavy atom. The quantitative estimate of drug-likeness (QED) is 0.394.